The van der Waals surface area contributed by atoms with Crippen LogP contribution in [0.2, 0.25) is 0 Å². The lowest BCUT2D eigenvalue weighted by Gasteiger charge is -2.08. The number of hydrogen-bond acceptors (Lipinski definition) is 5. The van der Waals surface area contributed by atoms with Crippen LogP contribution in [0, 0.1) is 6.92 Å². The summed E-state index contributed by atoms with van der Waals surface area (Å²) in [6.07, 6.45) is 7.10. The number of benzene rings is 2. The quantitative estimate of drug-likeness (QED) is 0.353. The van der Waals surface area contributed by atoms with Crippen molar-refractivity contribution in [1.29, 1.82) is 0 Å². The smallest absolute Gasteiger partial charge is 0.276 e. The minimum absolute atomic E-state index is 0.423. The number of anilines is 2. The minimum atomic E-state index is 0.423. The summed E-state index contributed by atoms with van der Waals surface area (Å²) >= 11 is 0. The summed E-state index contributed by atoms with van der Waals surface area (Å²) in [5.41, 5.74) is 6.54. The lowest BCUT2D eigenvalue weighted by atomic mass is 10.0. The monoisotopic (exact) mass is 409 g/mol. The zero-order valence-electron chi connectivity index (χ0n) is 17.3. The molecule has 154 valence electrons. The second kappa shape index (κ2) is 8.44. The number of nitrogens with one attached hydrogen (secondary N) is 2. The molecule has 0 fully saturated rings. The van der Waals surface area contributed by atoms with Crippen molar-refractivity contribution in [2.75, 3.05) is 5.32 Å². The molecule has 31 heavy (non-hydrogen) atoms. The summed E-state index contributed by atoms with van der Waals surface area (Å²) in [7, 11) is 0. The van der Waals surface area contributed by atoms with Crippen molar-refractivity contribution in [3.05, 3.63) is 90.0 Å². The maximum atomic E-state index is 5.21. The number of rotatable bonds is 7. The molecule has 6 nitrogen and oxygen atoms in total. The Bertz CT molecular complexity index is 1300. The van der Waals surface area contributed by atoms with Gasteiger partial charge in [-0.1, -0.05) is 35.5 Å². The van der Waals surface area contributed by atoms with E-state index in [1.54, 1.807) is 13.1 Å². The van der Waals surface area contributed by atoms with E-state index in [2.05, 4.69) is 80.2 Å². The summed E-state index contributed by atoms with van der Waals surface area (Å²) in [6, 6.07) is 20.9. The van der Waals surface area contributed by atoms with E-state index in [0.717, 1.165) is 30.6 Å². The molecule has 0 saturated heterocycles. The van der Waals surface area contributed by atoms with E-state index in [-0.39, 0.29) is 0 Å². The largest absolute Gasteiger partial charge is 0.361 e. The van der Waals surface area contributed by atoms with Gasteiger partial charge < -0.3 is 14.8 Å². The summed E-state index contributed by atoms with van der Waals surface area (Å²) < 4.78 is 5.21. The van der Waals surface area contributed by atoms with Crippen LogP contribution in [0.1, 0.15) is 23.4 Å². The molecule has 0 radical (unpaired) electrons. The number of aromatic nitrogens is 4. The topological polar surface area (TPSA) is 79.6 Å². The molecule has 0 atom stereocenters. The van der Waals surface area contributed by atoms with Crippen LogP contribution in [-0.4, -0.2) is 20.1 Å². The average Bonchev–Trinajstić information content (AvgIpc) is 3.42. The fourth-order valence-electron chi connectivity index (χ4n) is 3.77. The molecule has 2 N–H and O–H groups in total. The molecule has 5 aromatic rings. The Balaban J connectivity index is 1.19. The zero-order chi connectivity index (χ0) is 21.0. The molecule has 0 aliphatic carbocycles. The molecule has 0 aliphatic rings. The highest BCUT2D eigenvalue weighted by molar-refractivity contribution is 5.83. The van der Waals surface area contributed by atoms with E-state index < -0.39 is 0 Å². The first kappa shape index (κ1) is 19.1. The highest BCUT2D eigenvalue weighted by Gasteiger charge is 2.08. The Morgan fingerprint density at radius 1 is 0.968 bits per heavy atom. The van der Waals surface area contributed by atoms with Crippen molar-refractivity contribution in [3.63, 3.8) is 0 Å². The van der Waals surface area contributed by atoms with Crippen LogP contribution in [0.25, 0.3) is 22.5 Å². The van der Waals surface area contributed by atoms with Gasteiger partial charge >= 0.3 is 0 Å². The third-order valence-corrected chi connectivity index (χ3v) is 5.34. The van der Waals surface area contributed by atoms with Crippen molar-refractivity contribution in [2.24, 2.45) is 0 Å². The van der Waals surface area contributed by atoms with Crippen LogP contribution < -0.4 is 5.32 Å². The Kier molecular flexibility index (Phi) is 5.19. The average molecular weight is 409 g/mol. The van der Waals surface area contributed by atoms with Gasteiger partial charge in [0.2, 0.25) is 0 Å². The van der Waals surface area contributed by atoms with Crippen molar-refractivity contribution in [1.82, 2.24) is 20.1 Å². The van der Waals surface area contributed by atoms with Gasteiger partial charge in [0.05, 0.1) is 0 Å². The van der Waals surface area contributed by atoms with Crippen molar-refractivity contribution in [2.45, 2.75) is 26.2 Å². The molecule has 3 aromatic heterocycles. The Hall–Kier alpha value is -3.93. The van der Waals surface area contributed by atoms with E-state index in [4.69, 9.17) is 4.52 Å². The van der Waals surface area contributed by atoms with Crippen LogP contribution in [0.4, 0.5) is 11.4 Å². The lowest BCUT2D eigenvalue weighted by molar-refractivity contribution is 0.424. The van der Waals surface area contributed by atoms with Crippen LogP contribution in [-0.2, 0) is 12.8 Å². The van der Waals surface area contributed by atoms with Gasteiger partial charge in [-0.25, -0.2) is 0 Å². The molecule has 0 saturated carbocycles. The predicted molar refractivity (Wildman–Crippen MR) is 122 cm³/mol. The van der Waals surface area contributed by atoms with E-state index in [9.17, 15) is 0 Å². The fourth-order valence-corrected chi connectivity index (χ4v) is 3.77. The molecule has 0 unspecified atom stereocenters. The van der Waals surface area contributed by atoms with Crippen molar-refractivity contribution >= 4 is 22.3 Å². The molecule has 3 heterocycles. The van der Waals surface area contributed by atoms with E-state index in [0.29, 0.717) is 17.4 Å². The van der Waals surface area contributed by atoms with Crippen molar-refractivity contribution < 1.29 is 4.52 Å². The number of para-hydroxylation sites is 1. The molecule has 0 spiro atoms. The predicted octanol–water partition coefficient (Wildman–Crippen LogP) is 5.84. The summed E-state index contributed by atoms with van der Waals surface area (Å²) in [4.78, 5) is 11.9. The summed E-state index contributed by atoms with van der Waals surface area (Å²) in [6.45, 7) is 1.79. The fraction of sp³-hybridized carbons (Fsp3) is 0.160. The number of aromatic amines is 1. The standard InChI is InChI=1S/C25H23N5O/c1-17-28-25(31-30-17)24-15-21(13-14-26-24)29-20-11-9-18(10-12-20)5-4-6-19-16-27-23-8-3-2-7-22(19)23/h2-3,7-16,27H,4-6H2,1H3,(H,26,29). The van der Waals surface area contributed by atoms with Crippen LogP contribution in [0.15, 0.2) is 77.6 Å². The first-order valence-corrected chi connectivity index (χ1v) is 10.4. The molecule has 5 rings (SSSR count). The van der Waals surface area contributed by atoms with Gasteiger partial charge in [0.25, 0.3) is 5.89 Å². The third-order valence-electron chi connectivity index (χ3n) is 5.34. The molecule has 0 aliphatic heterocycles. The maximum Gasteiger partial charge on any atom is 0.276 e. The number of hydrogen-bond donors (Lipinski definition) is 2. The second-order valence-corrected chi connectivity index (χ2v) is 7.61. The third kappa shape index (κ3) is 4.33. The maximum absolute atomic E-state index is 5.21. The molecule has 6 heteroatoms. The molecule has 0 amide bonds. The second-order valence-electron chi connectivity index (χ2n) is 7.61. The number of aryl methyl sites for hydroxylation is 3. The molecule has 0 bridgehead atoms. The number of nitrogens with zero attached hydrogens (tertiary/aromatic N) is 3. The summed E-state index contributed by atoms with van der Waals surface area (Å²) in [5.74, 6) is 1.02. The van der Waals surface area contributed by atoms with Gasteiger partial charge in [-0.3, -0.25) is 4.98 Å². The Morgan fingerprint density at radius 2 is 1.84 bits per heavy atom. The zero-order valence-corrected chi connectivity index (χ0v) is 17.3. The molecular weight excluding hydrogens is 386 g/mol. The van der Waals surface area contributed by atoms with E-state index in [1.807, 2.05) is 12.1 Å². The summed E-state index contributed by atoms with van der Waals surface area (Å²) in [5, 5.41) is 8.56. The van der Waals surface area contributed by atoms with E-state index in [1.165, 1.54) is 22.0 Å². The van der Waals surface area contributed by atoms with Crippen LogP contribution >= 0.6 is 0 Å². The van der Waals surface area contributed by atoms with Gasteiger partial charge in [-0.15, -0.1) is 0 Å². The Morgan fingerprint density at radius 3 is 2.68 bits per heavy atom. The first-order valence-electron chi connectivity index (χ1n) is 10.4. The van der Waals surface area contributed by atoms with Gasteiger partial charge in [-0.05, 0) is 67.6 Å². The number of pyridine rings is 1. The lowest BCUT2D eigenvalue weighted by Crippen LogP contribution is -1.94. The number of fused-ring (bicyclic) bond motifs is 1. The van der Waals surface area contributed by atoms with Crippen molar-refractivity contribution in [3.8, 4) is 11.6 Å². The molecule has 2 aromatic carbocycles. The number of H-pyrrole nitrogens is 1. The van der Waals surface area contributed by atoms with Gasteiger partial charge in [0.15, 0.2) is 5.82 Å². The van der Waals surface area contributed by atoms with Gasteiger partial charge in [-0.2, -0.15) is 4.98 Å². The Labute approximate surface area is 180 Å². The first-order chi connectivity index (χ1) is 15.2. The van der Waals surface area contributed by atoms with Gasteiger partial charge in [0, 0.05) is 34.7 Å². The SMILES string of the molecule is Cc1noc(-c2cc(Nc3ccc(CCCc4c[nH]c5ccccc45)cc3)ccn2)n1. The van der Waals surface area contributed by atoms with Crippen LogP contribution in [0.5, 0.6) is 0 Å². The highest BCUT2D eigenvalue weighted by Crippen LogP contribution is 2.23. The van der Waals surface area contributed by atoms with E-state index >= 15 is 0 Å². The van der Waals surface area contributed by atoms with Crippen LogP contribution in [0.3, 0.4) is 0 Å². The molecular formula is C25H23N5O. The highest BCUT2D eigenvalue weighted by atomic mass is 16.5. The normalized spacial score (nSPS) is 11.1. The minimum Gasteiger partial charge on any atom is -0.361 e. The van der Waals surface area contributed by atoms with Gasteiger partial charge in [0.1, 0.15) is 5.69 Å².